The van der Waals surface area contributed by atoms with Gasteiger partial charge >= 0.3 is 0 Å². The number of sulfonamides is 1. The van der Waals surface area contributed by atoms with Crippen LogP contribution >= 0.6 is 11.6 Å². The maximum Gasteiger partial charge on any atom is 0.244 e. The summed E-state index contributed by atoms with van der Waals surface area (Å²) in [4.78, 5) is 0.288. The van der Waals surface area contributed by atoms with Crippen molar-refractivity contribution in [2.45, 2.75) is 44.7 Å². The van der Waals surface area contributed by atoms with Crippen LogP contribution in [0.5, 0.6) is 0 Å². The van der Waals surface area contributed by atoms with Gasteiger partial charge in [0.1, 0.15) is 0 Å². The van der Waals surface area contributed by atoms with Crippen LogP contribution < -0.4 is 0 Å². The Morgan fingerprint density at radius 3 is 2.21 bits per heavy atom. The third-order valence-electron chi connectivity index (χ3n) is 5.16. The monoisotopic (exact) mass is 419 g/mol. The van der Waals surface area contributed by atoms with Gasteiger partial charge in [0.2, 0.25) is 10.0 Å². The molecule has 0 unspecified atom stereocenters. The zero-order valence-corrected chi connectivity index (χ0v) is 18.1. The molecule has 1 aliphatic heterocycles. The second-order valence-electron chi connectivity index (χ2n) is 8.27. The van der Waals surface area contributed by atoms with E-state index < -0.39 is 16.1 Å². The second-order valence-corrected chi connectivity index (χ2v) is 10.5. The summed E-state index contributed by atoms with van der Waals surface area (Å²) in [5.74, 6) is 0. The predicted molar refractivity (Wildman–Crippen MR) is 113 cm³/mol. The Hall–Kier alpha value is -1.66. The van der Waals surface area contributed by atoms with Gasteiger partial charge in [0, 0.05) is 11.1 Å². The van der Waals surface area contributed by atoms with Gasteiger partial charge in [-0.2, -0.15) is 4.31 Å². The van der Waals surface area contributed by atoms with Gasteiger partial charge < -0.3 is 5.11 Å². The van der Waals surface area contributed by atoms with Crippen LogP contribution in [0.25, 0.3) is 0 Å². The molecule has 28 heavy (non-hydrogen) atoms. The fourth-order valence-electron chi connectivity index (χ4n) is 3.72. The molecule has 0 amide bonds. The Kier molecular flexibility index (Phi) is 5.74. The maximum absolute atomic E-state index is 13.8. The second kappa shape index (κ2) is 7.64. The van der Waals surface area contributed by atoms with Gasteiger partial charge in [-0.25, -0.2) is 8.42 Å². The standard InChI is InChI=1S/C22H26ClNO3S/c1-15-7-5-6-8-19(15)28(26,27)24-20(22(2,3)4)13-17(14-25)21(24)16-9-11-18(23)12-10-16/h5-13,20-21,25H,14H2,1-4H3/t20-,21-/m0/s1. The quantitative estimate of drug-likeness (QED) is 0.729. The molecule has 2 aromatic carbocycles. The molecule has 0 saturated heterocycles. The van der Waals surface area contributed by atoms with Crippen molar-refractivity contribution in [2.24, 2.45) is 5.41 Å². The summed E-state index contributed by atoms with van der Waals surface area (Å²) < 4.78 is 29.2. The topological polar surface area (TPSA) is 57.6 Å². The molecule has 4 nitrogen and oxygen atoms in total. The molecule has 2 aromatic rings. The number of hydrogen-bond donors (Lipinski definition) is 1. The van der Waals surface area contributed by atoms with Crippen LogP contribution in [0.2, 0.25) is 5.02 Å². The van der Waals surface area contributed by atoms with Crippen molar-refractivity contribution in [3.05, 3.63) is 76.3 Å². The first-order valence-electron chi connectivity index (χ1n) is 9.23. The number of aliphatic hydroxyl groups excluding tert-OH is 1. The summed E-state index contributed by atoms with van der Waals surface area (Å²) in [5.41, 5.74) is 1.81. The number of nitrogens with zero attached hydrogens (tertiary/aromatic N) is 1. The minimum absolute atomic E-state index is 0.209. The molecule has 3 rings (SSSR count). The fraction of sp³-hybridized carbons (Fsp3) is 0.364. The van der Waals surface area contributed by atoms with E-state index >= 15 is 0 Å². The average Bonchev–Trinajstić information content (AvgIpc) is 3.03. The predicted octanol–water partition coefficient (Wildman–Crippen LogP) is 4.73. The lowest BCUT2D eigenvalue weighted by atomic mass is 9.87. The maximum atomic E-state index is 13.8. The van der Waals surface area contributed by atoms with E-state index in [0.717, 1.165) is 5.56 Å². The van der Waals surface area contributed by atoms with E-state index in [0.29, 0.717) is 16.2 Å². The van der Waals surface area contributed by atoms with E-state index in [1.54, 1.807) is 41.6 Å². The summed E-state index contributed by atoms with van der Waals surface area (Å²) in [6, 6.07) is 13.2. The minimum Gasteiger partial charge on any atom is -0.392 e. The van der Waals surface area contributed by atoms with Crippen LogP contribution in [0.15, 0.2) is 65.1 Å². The molecular formula is C22H26ClNO3S. The van der Waals surface area contributed by atoms with Crippen LogP contribution in [0.4, 0.5) is 0 Å². The van der Waals surface area contributed by atoms with E-state index in [2.05, 4.69) is 0 Å². The third-order valence-corrected chi connectivity index (χ3v) is 7.42. The zero-order chi connectivity index (χ0) is 20.7. The number of rotatable bonds is 4. The molecule has 150 valence electrons. The molecule has 0 radical (unpaired) electrons. The van der Waals surface area contributed by atoms with Gasteiger partial charge in [-0.15, -0.1) is 0 Å². The zero-order valence-electron chi connectivity index (χ0n) is 16.6. The average molecular weight is 420 g/mol. The number of halogens is 1. The Morgan fingerprint density at radius 1 is 1.07 bits per heavy atom. The van der Waals surface area contributed by atoms with Gasteiger partial charge in [-0.05, 0) is 47.2 Å². The van der Waals surface area contributed by atoms with Crippen LogP contribution in [0.1, 0.15) is 37.9 Å². The smallest absolute Gasteiger partial charge is 0.244 e. The molecule has 0 fully saturated rings. The third kappa shape index (κ3) is 3.77. The first-order valence-corrected chi connectivity index (χ1v) is 11.0. The molecule has 0 aromatic heterocycles. The summed E-state index contributed by atoms with van der Waals surface area (Å²) >= 11 is 6.04. The summed E-state index contributed by atoms with van der Waals surface area (Å²) in [5, 5.41) is 10.6. The summed E-state index contributed by atoms with van der Waals surface area (Å²) in [7, 11) is -3.81. The molecular weight excluding hydrogens is 394 g/mol. The Labute approximate surface area is 172 Å². The molecule has 1 heterocycles. The first-order chi connectivity index (χ1) is 13.1. The number of hydrogen-bond acceptors (Lipinski definition) is 3. The van der Waals surface area contributed by atoms with Crippen molar-refractivity contribution in [1.29, 1.82) is 0 Å². The lowest BCUT2D eigenvalue weighted by Gasteiger charge is -2.37. The highest BCUT2D eigenvalue weighted by Crippen LogP contribution is 2.46. The molecule has 0 aliphatic carbocycles. The van der Waals surface area contributed by atoms with E-state index in [4.69, 9.17) is 11.6 Å². The van der Waals surface area contributed by atoms with Crippen LogP contribution in [-0.4, -0.2) is 30.5 Å². The van der Waals surface area contributed by atoms with Crippen molar-refractivity contribution in [1.82, 2.24) is 4.31 Å². The largest absolute Gasteiger partial charge is 0.392 e. The normalized spacial score (nSPS) is 21.0. The minimum atomic E-state index is -3.81. The number of benzene rings is 2. The van der Waals surface area contributed by atoms with Gasteiger partial charge in [0.15, 0.2) is 0 Å². The fourth-order valence-corrected chi connectivity index (χ4v) is 6.01. The lowest BCUT2D eigenvalue weighted by molar-refractivity contribution is 0.206. The van der Waals surface area contributed by atoms with Crippen LogP contribution in [-0.2, 0) is 10.0 Å². The number of aryl methyl sites for hydroxylation is 1. The Balaban J connectivity index is 2.22. The SMILES string of the molecule is Cc1ccccc1S(=O)(=O)N1[C@@H](c2ccc(Cl)cc2)C(CO)=C[C@H]1C(C)(C)C. The Morgan fingerprint density at radius 2 is 1.68 bits per heavy atom. The van der Waals surface area contributed by atoms with E-state index in [1.165, 1.54) is 0 Å². The van der Waals surface area contributed by atoms with Gasteiger partial charge in [-0.3, -0.25) is 0 Å². The van der Waals surface area contributed by atoms with Gasteiger partial charge in [-0.1, -0.05) is 68.8 Å². The molecule has 1 aliphatic rings. The summed E-state index contributed by atoms with van der Waals surface area (Å²) in [6.45, 7) is 7.61. The molecule has 0 bridgehead atoms. The molecule has 0 saturated carbocycles. The highest BCUT2D eigenvalue weighted by Gasteiger charge is 2.47. The molecule has 2 atom stereocenters. The molecule has 1 N–H and O–H groups in total. The molecule has 6 heteroatoms. The first kappa shape index (κ1) is 21.1. The van der Waals surface area contributed by atoms with Crippen LogP contribution in [0.3, 0.4) is 0 Å². The number of aliphatic hydroxyl groups is 1. The highest BCUT2D eigenvalue weighted by atomic mass is 35.5. The lowest BCUT2D eigenvalue weighted by Crippen LogP contribution is -2.45. The van der Waals surface area contributed by atoms with Crippen molar-refractivity contribution in [3.8, 4) is 0 Å². The van der Waals surface area contributed by atoms with Crippen molar-refractivity contribution in [2.75, 3.05) is 6.61 Å². The molecule has 0 spiro atoms. The Bertz CT molecular complexity index is 991. The van der Waals surface area contributed by atoms with Crippen molar-refractivity contribution in [3.63, 3.8) is 0 Å². The van der Waals surface area contributed by atoms with Crippen molar-refractivity contribution < 1.29 is 13.5 Å². The summed E-state index contributed by atoms with van der Waals surface area (Å²) in [6.07, 6.45) is 1.90. The van der Waals surface area contributed by atoms with Gasteiger partial charge in [0.05, 0.1) is 17.5 Å². The van der Waals surface area contributed by atoms with E-state index in [9.17, 15) is 13.5 Å². The van der Waals surface area contributed by atoms with Crippen LogP contribution in [0, 0.1) is 12.3 Å². The van der Waals surface area contributed by atoms with Crippen molar-refractivity contribution >= 4 is 21.6 Å². The highest BCUT2D eigenvalue weighted by molar-refractivity contribution is 7.89. The van der Waals surface area contributed by atoms with E-state index in [-0.39, 0.29) is 23.0 Å². The van der Waals surface area contributed by atoms with E-state index in [1.807, 2.05) is 45.0 Å². The van der Waals surface area contributed by atoms with Gasteiger partial charge in [0.25, 0.3) is 0 Å².